The molecule has 170 valence electrons. The van der Waals surface area contributed by atoms with Gasteiger partial charge in [0.25, 0.3) is 0 Å². The van der Waals surface area contributed by atoms with Crippen molar-refractivity contribution in [3.63, 3.8) is 0 Å². The van der Waals surface area contributed by atoms with Crippen LogP contribution in [0.2, 0.25) is 0 Å². The smallest absolute Gasteiger partial charge is 0.338 e. The predicted molar refractivity (Wildman–Crippen MR) is 120 cm³/mol. The molecule has 2 aliphatic rings. The molecule has 2 saturated heterocycles. The Hall–Kier alpha value is -3.09. The lowest BCUT2D eigenvalue weighted by Gasteiger charge is -2.33. The van der Waals surface area contributed by atoms with Crippen molar-refractivity contribution in [2.45, 2.75) is 49.7 Å². The van der Waals surface area contributed by atoms with Crippen LogP contribution in [0.25, 0.3) is 0 Å². The Morgan fingerprint density at radius 2 is 1.42 bits per heavy atom. The molecule has 0 aliphatic carbocycles. The monoisotopic (exact) mass is 449 g/mol. The van der Waals surface area contributed by atoms with E-state index >= 15 is 0 Å². The molecule has 1 unspecified atom stereocenters. The normalized spacial score (nSPS) is 24.1. The number of carbonyl (C=O) groups excluding carboxylic acids is 1. The van der Waals surface area contributed by atoms with Gasteiger partial charge in [-0.1, -0.05) is 42.5 Å². The molecule has 2 bridgehead atoms. The van der Waals surface area contributed by atoms with Gasteiger partial charge in [0.1, 0.15) is 23.8 Å². The Balaban J connectivity index is 1.30. The minimum Gasteiger partial charge on any atom is -0.457 e. The van der Waals surface area contributed by atoms with Crippen molar-refractivity contribution in [2.24, 2.45) is 0 Å². The standard InChI is InChI=1S/C27H25F2NO3/c28-20-10-6-17(7-11-20)26(18-8-12-21(29)13-9-18)32-23-14-22-15-25(24(16-23)30-22)33-27(31)19-4-2-1-3-5-19/h1-13,22-26,30H,14-16H2/t22-,23?,24+,25+/m1/s1. The SMILES string of the molecule is O=C(O[C@H]1C[C@H]2CC(OC(c3ccc(F)cc3)c3ccc(F)cc3)C[C@@H]1N2)c1ccccc1. The molecule has 3 aromatic carbocycles. The fourth-order valence-electron chi connectivity index (χ4n) is 4.84. The highest BCUT2D eigenvalue weighted by atomic mass is 19.1. The quantitative estimate of drug-likeness (QED) is 0.526. The number of piperidine rings is 1. The number of ether oxygens (including phenoxy) is 2. The van der Waals surface area contributed by atoms with Gasteiger partial charge in [-0.25, -0.2) is 13.6 Å². The number of rotatable bonds is 6. The van der Waals surface area contributed by atoms with Gasteiger partial charge in [-0.3, -0.25) is 0 Å². The first-order chi connectivity index (χ1) is 16.0. The molecule has 3 aromatic rings. The van der Waals surface area contributed by atoms with Crippen molar-refractivity contribution in [1.82, 2.24) is 5.32 Å². The number of nitrogens with one attached hydrogen (secondary N) is 1. The summed E-state index contributed by atoms with van der Waals surface area (Å²) in [6.45, 7) is 0. The van der Waals surface area contributed by atoms with Crippen molar-refractivity contribution in [3.05, 3.63) is 107 Å². The second-order valence-corrected chi connectivity index (χ2v) is 8.73. The fourth-order valence-corrected chi connectivity index (χ4v) is 4.84. The molecule has 5 rings (SSSR count). The highest BCUT2D eigenvalue weighted by molar-refractivity contribution is 5.89. The molecular weight excluding hydrogens is 424 g/mol. The van der Waals surface area contributed by atoms with Crippen LogP contribution in [0.4, 0.5) is 8.78 Å². The predicted octanol–water partition coefficient (Wildman–Crippen LogP) is 5.19. The molecule has 2 heterocycles. The Kier molecular flexibility index (Phi) is 6.20. The van der Waals surface area contributed by atoms with Crippen LogP contribution in [0.3, 0.4) is 0 Å². The Bertz CT molecular complexity index is 1040. The number of carbonyl (C=O) groups is 1. The summed E-state index contributed by atoms with van der Waals surface area (Å²) in [6.07, 6.45) is 1.45. The zero-order valence-corrected chi connectivity index (χ0v) is 18.0. The molecule has 0 aromatic heterocycles. The van der Waals surface area contributed by atoms with Gasteiger partial charge in [0.05, 0.1) is 11.7 Å². The second kappa shape index (κ2) is 9.41. The molecule has 4 atom stereocenters. The zero-order chi connectivity index (χ0) is 22.8. The second-order valence-electron chi connectivity index (χ2n) is 8.73. The lowest BCUT2D eigenvalue weighted by molar-refractivity contribution is -0.0247. The highest BCUT2D eigenvalue weighted by Crippen LogP contribution is 2.36. The summed E-state index contributed by atoms with van der Waals surface area (Å²) in [4.78, 5) is 12.5. The van der Waals surface area contributed by atoms with Crippen molar-refractivity contribution < 1.29 is 23.0 Å². The topological polar surface area (TPSA) is 47.6 Å². The third-order valence-corrected chi connectivity index (χ3v) is 6.42. The van der Waals surface area contributed by atoms with E-state index < -0.39 is 6.10 Å². The average molecular weight is 449 g/mol. The summed E-state index contributed by atoms with van der Waals surface area (Å²) < 4.78 is 39.4. The average Bonchev–Trinajstić information content (AvgIpc) is 3.12. The van der Waals surface area contributed by atoms with E-state index in [2.05, 4.69) is 5.32 Å². The minimum atomic E-state index is -0.445. The third-order valence-electron chi connectivity index (χ3n) is 6.42. The lowest BCUT2D eigenvalue weighted by Crippen LogP contribution is -2.44. The molecule has 0 amide bonds. The van der Waals surface area contributed by atoms with Gasteiger partial charge in [-0.15, -0.1) is 0 Å². The van der Waals surface area contributed by atoms with E-state index in [4.69, 9.17) is 9.47 Å². The van der Waals surface area contributed by atoms with Crippen LogP contribution >= 0.6 is 0 Å². The highest BCUT2D eigenvalue weighted by Gasteiger charge is 2.43. The van der Waals surface area contributed by atoms with E-state index in [1.165, 1.54) is 24.3 Å². The number of halogens is 2. The summed E-state index contributed by atoms with van der Waals surface area (Å²) in [5.74, 6) is -0.956. The van der Waals surface area contributed by atoms with Crippen LogP contribution in [0.5, 0.6) is 0 Å². The summed E-state index contributed by atoms with van der Waals surface area (Å²) in [5, 5.41) is 3.54. The van der Waals surface area contributed by atoms with Crippen LogP contribution in [0.1, 0.15) is 46.9 Å². The maximum absolute atomic E-state index is 13.5. The van der Waals surface area contributed by atoms with E-state index in [1.54, 1.807) is 36.4 Å². The van der Waals surface area contributed by atoms with Crippen LogP contribution in [-0.2, 0) is 9.47 Å². The Morgan fingerprint density at radius 1 is 0.818 bits per heavy atom. The molecule has 1 N–H and O–H groups in total. The van der Waals surface area contributed by atoms with Crippen molar-refractivity contribution in [1.29, 1.82) is 0 Å². The number of benzene rings is 3. The van der Waals surface area contributed by atoms with Gasteiger partial charge in [-0.05, 0) is 60.4 Å². The maximum Gasteiger partial charge on any atom is 0.338 e. The number of hydrogen-bond acceptors (Lipinski definition) is 4. The van der Waals surface area contributed by atoms with Gasteiger partial charge >= 0.3 is 5.97 Å². The van der Waals surface area contributed by atoms with Gasteiger partial charge in [0, 0.05) is 18.5 Å². The van der Waals surface area contributed by atoms with Crippen LogP contribution in [0.15, 0.2) is 78.9 Å². The van der Waals surface area contributed by atoms with Crippen molar-refractivity contribution >= 4 is 5.97 Å². The summed E-state index contributed by atoms with van der Waals surface area (Å²) in [6, 6.07) is 21.6. The molecule has 2 fully saturated rings. The number of hydrogen-bond donors (Lipinski definition) is 1. The van der Waals surface area contributed by atoms with Crippen LogP contribution in [-0.4, -0.2) is 30.3 Å². The Morgan fingerprint density at radius 3 is 2.03 bits per heavy atom. The van der Waals surface area contributed by atoms with Gasteiger partial charge in [0.15, 0.2) is 0 Å². The molecule has 0 radical (unpaired) electrons. The van der Waals surface area contributed by atoms with Crippen LogP contribution < -0.4 is 5.32 Å². The summed E-state index contributed by atoms with van der Waals surface area (Å²) in [7, 11) is 0. The minimum absolute atomic E-state index is 0.00324. The first kappa shape index (κ1) is 21.7. The van der Waals surface area contributed by atoms with Gasteiger partial charge in [0.2, 0.25) is 0 Å². The number of esters is 1. The molecule has 6 heteroatoms. The Labute approximate surface area is 191 Å². The number of fused-ring (bicyclic) bond motifs is 2. The third kappa shape index (κ3) is 4.97. The van der Waals surface area contributed by atoms with E-state index in [1.807, 2.05) is 18.2 Å². The summed E-state index contributed by atoms with van der Waals surface area (Å²) >= 11 is 0. The maximum atomic E-state index is 13.5. The zero-order valence-electron chi connectivity index (χ0n) is 18.0. The lowest BCUT2D eigenvalue weighted by atomic mass is 9.98. The van der Waals surface area contributed by atoms with E-state index in [0.29, 0.717) is 12.0 Å². The fraction of sp³-hybridized carbons (Fsp3) is 0.296. The molecular formula is C27H25F2NO3. The van der Waals surface area contributed by atoms with Gasteiger partial charge in [-0.2, -0.15) is 0 Å². The molecule has 0 saturated carbocycles. The summed E-state index contributed by atoms with van der Waals surface area (Å²) in [5.41, 5.74) is 2.15. The largest absolute Gasteiger partial charge is 0.457 e. The van der Waals surface area contributed by atoms with Gasteiger partial charge < -0.3 is 14.8 Å². The van der Waals surface area contributed by atoms with E-state index in [9.17, 15) is 13.6 Å². The van der Waals surface area contributed by atoms with Crippen molar-refractivity contribution in [3.8, 4) is 0 Å². The molecule has 2 aliphatic heterocycles. The molecule has 4 nitrogen and oxygen atoms in total. The van der Waals surface area contributed by atoms with Crippen molar-refractivity contribution in [2.75, 3.05) is 0 Å². The van der Waals surface area contributed by atoms with Crippen LogP contribution in [0, 0.1) is 11.6 Å². The molecule has 0 spiro atoms. The van der Waals surface area contributed by atoms with E-state index in [-0.39, 0.29) is 41.9 Å². The first-order valence-electron chi connectivity index (χ1n) is 11.2. The van der Waals surface area contributed by atoms with E-state index in [0.717, 1.165) is 24.0 Å². The molecule has 33 heavy (non-hydrogen) atoms. The first-order valence-corrected chi connectivity index (χ1v) is 11.2.